The minimum absolute atomic E-state index is 0.0546. The molecule has 0 aliphatic heterocycles. The van der Waals surface area contributed by atoms with Crippen molar-refractivity contribution in [3.63, 3.8) is 0 Å². The molecule has 1 rings (SSSR count). The monoisotopic (exact) mass is 275 g/mol. The summed E-state index contributed by atoms with van der Waals surface area (Å²) in [6.45, 7) is 3.52. The normalized spacial score (nSPS) is 11.5. The number of halogens is 1. The van der Waals surface area contributed by atoms with Crippen LogP contribution in [0.25, 0.3) is 0 Å². The Balaban J connectivity index is 2.52. The number of rotatable bonds is 6. The Hall–Kier alpha value is -1.30. The topological polar surface area (TPSA) is 69.4 Å². The first-order valence-electron chi connectivity index (χ1n) is 5.74. The standard InChI is InChI=1S/C12H18FNO3S/c1-3-18(15,16)6-4-5-17-12-7-9(2)11(14)8-10(12)13/h7-8H,3-6,14H2,1-2H3. The van der Waals surface area contributed by atoms with Crippen LogP contribution >= 0.6 is 0 Å². The number of benzene rings is 1. The molecule has 1 aromatic carbocycles. The van der Waals surface area contributed by atoms with E-state index in [9.17, 15) is 12.8 Å². The molecule has 0 spiro atoms. The lowest BCUT2D eigenvalue weighted by Gasteiger charge is -2.09. The summed E-state index contributed by atoms with van der Waals surface area (Å²) in [6.07, 6.45) is 0.346. The van der Waals surface area contributed by atoms with Crippen molar-refractivity contribution in [2.75, 3.05) is 23.8 Å². The van der Waals surface area contributed by atoms with E-state index < -0.39 is 15.7 Å². The Morgan fingerprint density at radius 2 is 2.06 bits per heavy atom. The summed E-state index contributed by atoms with van der Waals surface area (Å²) >= 11 is 0. The maximum Gasteiger partial charge on any atom is 0.167 e. The highest BCUT2D eigenvalue weighted by Gasteiger charge is 2.09. The van der Waals surface area contributed by atoms with Crippen molar-refractivity contribution >= 4 is 15.5 Å². The second-order valence-electron chi connectivity index (χ2n) is 4.08. The molecule has 18 heavy (non-hydrogen) atoms. The molecule has 0 bridgehead atoms. The lowest BCUT2D eigenvalue weighted by molar-refractivity contribution is 0.301. The van der Waals surface area contributed by atoms with E-state index in [2.05, 4.69) is 0 Å². The van der Waals surface area contributed by atoms with Gasteiger partial charge in [0.1, 0.15) is 9.84 Å². The van der Waals surface area contributed by atoms with E-state index in [1.54, 1.807) is 13.8 Å². The summed E-state index contributed by atoms with van der Waals surface area (Å²) in [5, 5.41) is 0. The molecule has 0 heterocycles. The van der Waals surface area contributed by atoms with Gasteiger partial charge in [0.15, 0.2) is 11.6 Å². The molecule has 0 aromatic heterocycles. The molecule has 4 nitrogen and oxygen atoms in total. The third-order valence-electron chi connectivity index (χ3n) is 2.62. The van der Waals surface area contributed by atoms with Crippen LogP contribution < -0.4 is 10.5 Å². The van der Waals surface area contributed by atoms with Crippen LogP contribution in [0, 0.1) is 12.7 Å². The van der Waals surface area contributed by atoms with Crippen LogP contribution in [0.4, 0.5) is 10.1 Å². The quantitative estimate of drug-likeness (QED) is 0.636. The number of sulfone groups is 1. The first-order valence-corrected chi connectivity index (χ1v) is 7.56. The van der Waals surface area contributed by atoms with Gasteiger partial charge in [-0.3, -0.25) is 0 Å². The third-order valence-corrected chi connectivity index (χ3v) is 4.41. The Labute approximate surface area is 107 Å². The van der Waals surface area contributed by atoms with Crippen LogP contribution in [-0.2, 0) is 9.84 Å². The van der Waals surface area contributed by atoms with E-state index in [0.717, 1.165) is 5.56 Å². The Morgan fingerprint density at radius 3 is 2.67 bits per heavy atom. The zero-order valence-electron chi connectivity index (χ0n) is 10.6. The van der Waals surface area contributed by atoms with Crippen molar-refractivity contribution in [1.29, 1.82) is 0 Å². The zero-order chi connectivity index (χ0) is 13.8. The van der Waals surface area contributed by atoms with E-state index >= 15 is 0 Å². The predicted octanol–water partition coefficient (Wildman–Crippen LogP) is 1.92. The fourth-order valence-corrected chi connectivity index (χ4v) is 2.23. The van der Waals surface area contributed by atoms with Crippen molar-refractivity contribution < 1.29 is 17.5 Å². The van der Waals surface area contributed by atoms with Gasteiger partial charge < -0.3 is 10.5 Å². The smallest absolute Gasteiger partial charge is 0.167 e. The Kier molecular flexibility index (Phi) is 4.95. The van der Waals surface area contributed by atoms with E-state index in [1.807, 2.05) is 0 Å². The average Bonchev–Trinajstić information content (AvgIpc) is 2.31. The van der Waals surface area contributed by atoms with Crippen molar-refractivity contribution in [2.24, 2.45) is 0 Å². The van der Waals surface area contributed by atoms with Crippen molar-refractivity contribution in [3.05, 3.63) is 23.5 Å². The van der Waals surface area contributed by atoms with Gasteiger partial charge in [-0.1, -0.05) is 6.92 Å². The summed E-state index contributed by atoms with van der Waals surface area (Å²) in [5.74, 6) is -0.256. The second kappa shape index (κ2) is 6.04. The van der Waals surface area contributed by atoms with Gasteiger partial charge in [-0.05, 0) is 25.0 Å². The minimum Gasteiger partial charge on any atom is -0.490 e. The molecule has 6 heteroatoms. The highest BCUT2D eigenvalue weighted by molar-refractivity contribution is 7.91. The second-order valence-corrected chi connectivity index (χ2v) is 6.55. The highest BCUT2D eigenvalue weighted by atomic mass is 32.2. The molecule has 0 saturated heterocycles. The summed E-state index contributed by atoms with van der Waals surface area (Å²) in [5.41, 5.74) is 6.64. The van der Waals surface area contributed by atoms with Gasteiger partial charge in [-0.25, -0.2) is 12.8 Å². The summed E-state index contributed by atoms with van der Waals surface area (Å²) in [6, 6.07) is 2.71. The molecule has 0 unspecified atom stereocenters. The number of ether oxygens (including phenoxy) is 1. The van der Waals surface area contributed by atoms with Crippen molar-refractivity contribution in [3.8, 4) is 5.75 Å². The number of hydrogen-bond donors (Lipinski definition) is 1. The first-order chi connectivity index (χ1) is 8.35. The van der Waals surface area contributed by atoms with Crippen LogP contribution in [0.15, 0.2) is 12.1 Å². The average molecular weight is 275 g/mol. The van der Waals surface area contributed by atoms with E-state index in [1.165, 1.54) is 12.1 Å². The molecule has 1 aromatic rings. The molecule has 0 aliphatic rings. The fraction of sp³-hybridized carbons (Fsp3) is 0.500. The van der Waals surface area contributed by atoms with Crippen LogP contribution in [0.5, 0.6) is 5.75 Å². The summed E-state index contributed by atoms with van der Waals surface area (Å²) < 4.78 is 41.1. The molecule has 0 amide bonds. The van der Waals surface area contributed by atoms with E-state index in [0.29, 0.717) is 12.1 Å². The zero-order valence-corrected chi connectivity index (χ0v) is 11.4. The summed E-state index contributed by atoms with van der Waals surface area (Å²) in [7, 11) is -2.99. The molecule has 2 N–H and O–H groups in total. The number of hydrogen-bond acceptors (Lipinski definition) is 4. The van der Waals surface area contributed by atoms with Gasteiger partial charge >= 0.3 is 0 Å². The van der Waals surface area contributed by atoms with Crippen molar-refractivity contribution in [2.45, 2.75) is 20.3 Å². The van der Waals surface area contributed by atoms with Crippen LogP contribution in [0.3, 0.4) is 0 Å². The van der Waals surface area contributed by atoms with Crippen LogP contribution in [0.2, 0.25) is 0 Å². The molecule has 102 valence electrons. The maximum atomic E-state index is 13.4. The van der Waals surface area contributed by atoms with Crippen molar-refractivity contribution in [1.82, 2.24) is 0 Å². The molecule has 0 aliphatic carbocycles. The van der Waals surface area contributed by atoms with E-state index in [-0.39, 0.29) is 23.9 Å². The molecule has 0 radical (unpaired) electrons. The van der Waals surface area contributed by atoms with Gasteiger partial charge in [0.2, 0.25) is 0 Å². The minimum atomic E-state index is -2.99. The molecular formula is C12H18FNO3S. The van der Waals surface area contributed by atoms with Gasteiger partial charge in [0.05, 0.1) is 12.4 Å². The Bertz CT molecular complexity index is 514. The van der Waals surface area contributed by atoms with Gasteiger partial charge in [0.25, 0.3) is 0 Å². The van der Waals surface area contributed by atoms with E-state index in [4.69, 9.17) is 10.5 Å². The number of nitrogen functional groups attached to an aromatic ring is 1. The molecule has 0 atom stereocenters. The fourth-order valence-electron chi connectivity index (χ4n) is 1.39. The van der Waals surface area contributed by atoms with Gasteiger partial charge in [-0.2, -0.15) is 0 Å². The number of anilines is 1. The SMILES string of the molecule is CCS(=O)(=O)CCCOc1cc(C)c(N)cc1F. The maximum absolute atomic E-state index is 13.4. The molecule has 0 saturated carbocycles. The first kappa shape index (κ1) is 14.8. The predicted molar refractivity (Wildman–Crippen MR) is 70.0 cm³/mol. The lowest BCUT2D eigenvalue weighted by Crippen LogP contribution is -2.12. The summed E-state index contributed by atoms with van der Waals surface area (Å²) in [4.78, 5) is 0. The molecule has 0 fully saturated rings. The Morgan fingerprint density at radius 1 is 1.39 bits per heavy atom. The van der Waals surface area contributed by atoms with Crippen LogP contribution in [-0.4, -0.2) is 26.5 Å². The third kappa shape index (κ3) is 4.18. The van der Waals surface area contributed by atoms with Crippen LogP contribution in [0.1, 0.15) is 18.9 Å². The number of aryl methyl sites for hydroxylation is 1. The van der Waals surface area contributed by atoms with Gasteiger partial charge in [0, 0.05) is 17.5 Å². The lowest BCUT2D eigenvalue weighted by atomic mass is 10.2. The number of nitrogens with two attached hydrogens (primary N) is 1. The van der Waals surface area contributed by atoms with Gasteiger partial charge in [-0.15, -0.1) is 0 Å². The molecular weight excluding hydrogens is 257 g/mol. The largest absolute Gasteiger partial charge is 0.490 e. The highest BCUT2D eigenvalue weighted by Crippen LogP contribution is 2.23.